The zero-order valence-electron chi connectivity index (χ0n) is 11.4. The Bertz CT molecular complexity index is 486. The number of ether oxygens (including phenoxy) is 1. The van der Waals surface area contributed by atoms with Gasteiger partial charge in [-0.2, -0.15) is 0 Å². The number of nitrogens with two attached hydrogens (primary N) is 1. The van der Waals surface area contributed by atoms with E-state index in [0.717, 1.165) is 25.3 Å². The minimum absolute atomic E-state index is 0.0362. The summed E-state index contributed by atoms with van der Waals surface area (Å²) in [7, 11) is 0. The monoisotopic (exact) mass is 276 g/mol. The lowest BCUT2D eigenvalue weighted by Crippen LogP contribution is -2.52. The van der Waals surface area contributed by atoms with E-state index in [4.69, 9.17) is 15.7 Å². The largest absolute Gasteiger partial charge is 0.409 e. The number of anilines is 1. The summed E-state index contributed by atoms with van der Waals surface area (Å²) in [6, 6.07) is 4.23. The first-order chi connectivity index (χ1) is 9.79. The van der Waals surface area contributed by atoms with Gasteiger partial charge >= 0.3 is 0 Å². The minimum Gasteiger partial charge on any atom is -0.409 e. The molecule has 2 fully saturated rings. The molecule has 2 unspecified atom stereocenters. The molecule has 0 aromatic carbocycles. The Kier molecular flexibility index (Phi) is 3.73. The van der Waals surface area contributed by atoms with Crippen molar-refractivity contribution in [2.24, 2.45) is 10.9 Å². The van der Waals surface area contributed by atoms with Gasteiger partial charge in [0.15, 0.2) is 5.84 Å². The van der Waals surface area contributed by atoms with Crippen LogP contribution in [0.3, 0.4) is 0 Å². The first-order valence-electron chi connectivity index (χ1n) is 7.12. The van der Waals surface area contributed by atoms with Crippen LogP contribution in [0.25, 0.3) is 0 Å². The van der Waals surface area contributed by atoms with E-state index in [2.05, 4.69) is 15.0 Å². The molecule has 6 nitrogen and oxygen atoms in total. The average Bonchev–Trinajstić information content (AvgIpc) is 2.54. The van der Waals surface area contributed by atoms with Gasteiger partial charge in [0, 0.05) is 6.54 Å². The second kappa shape index (κ2) is 5.66. The van der Waals surface area contributed by atoms with Crippen molar-refractivity contribution < 1.29 is 9.94 Å². The quantitative estimate of drug-likeness (QED) is 0.368. The van der Waals surface area contributed by atoms with Gasteiger partial charge in [-0.1, -0.05) is 18.0 Å². The van der Waals surface area contributed by atoms with Crippen LogP contribution in [0.15, 0.2) is 23.5 Å². The lowest BCUT2D eigenvalue weighted by Gasteiger charge is -2.45. The third-order valence-electron chi connectivity index (χ3n) is 4.18. The van der Waals surface area contributed by atoms with Crippen molar-refractivity contribution in [2.75, 3.05) is 18.1 Å². The summed E-state index contributed by atoms with van der Waals surface area (Å²) in [4.78, 5) is 6.65. The Morgan fingerprint density at radius 2 is 2.25 bits per heavy atom. The molecule has 1 aliphatic carbocycles. The number of nitrogens with zero attached hydrogens (tertiary/aromatic N) is 3. The van der Waals surface area contributed by atoms with Crippen LogP contribution in [0.1, 0.15) is 31.4 Å². The van der Waals surface area contributed by atoms with Crippen molar-refractivity contribution >= 4 is 11.5 Å². The normalized spacial score (nSPS) is 27.2. The molecule has 1 saturated carbocycles. The maximum Gasteiger partial charge on any atom is 0.188 e. The summed E-state index contributed by atoms with van der Waals surface area (Å²) in [6.45, 7) is 1.66. The molecular weight excluding hydrogens is 256 g/mol. The highest BCUT2D eigenvalue weighted by molar-refractivity contribution is 5.95. The Hall–Kier alpha value is -1.82. The second-order valence-electron chi connectivity index (χ2n) is 5.34. The van der Waals surface area contributed by atoms with E-state index in [1.165, 1.54) is 19.3 Å². The Labute approximate surface area is 118 Å². The van der Waals surface area contributed by atoms with Crippen molar-refractivity contribution in [3.05, 3.63) is 24.0 Å². The molecule has 0 amide bonds. The second-order valence-corrected chi connectivity index (χ2v) is 5.34. The molecule has 2 aliphatic rings. The number of fused-ring (bicyclic) bond motifs is 1. The molecule has 0 radical (unpaired) electrons. The minimum atomic E-state index is 0.0362. The molecule has 1 aliphatic heterocycles. The van der Waals surface area contributed by atoms with Crippen molar-refractivity contribution in [1.29, 1.82) is 0 Å². The van der Waals surface area contributed by atoms with E-state index in [1.54, 1.807) is 12.3 Å². The summed E-state index contributed by atoms with van der Waals surface area (Å²) in [5, 5.41) is 11.6. The van der Waals surface area contributed by atoms with Gasteiger partial charge in [-0.3, -0.25) is 4.98 Å². The van der Waals surface area contributed by atoms with E-state index >= 15 is 0 Å². The smallest absolute Gasteiger partial charge is 0.188 e. The number of aromatic nitrogens is 1. The molecule has 3 N–H and O–H groups in total. The Balaban J connectivity index is 1.80. The number of amidine groups is 1. The molecule has 3 rings (SSSR count). The third kappa shape index (κ3) is 2.43. The predicted molar refractivity (Wildman–Crippen MR) is 76.1 cm³/mol. The van der Waals surface area contributed by atoms with Crippen LogP contribution in [0.2, 0.25) is 0 Å². The third-order valence-corrected chi connectivity index (χ3v) is 4.18. The van der Waals surface area contributed by atoms with Crippen molar-refractivity contribution in [1.82, 2.24) is 4.98 Å². The van der Waals surface area contributed by atoms with E-state index in [1.807, 2.05) is 6.07 Å². The van der Waals surface area contributed by atoms with Gasteiger partial charge in [-0.15, -0.1) is 0 Å². The van der Waals surface area contributed by atoms with Crippen molar-refractivity contribution in [3.8, 4) is 0 Å². The van der Waals surface area contributed by atoms with Gasteiger partial charge in [0.1, 0.15) is 5.69 Å². The molecule has 2 atom stereocenters. The van der Waals surface area contributed by atoms with Crippen LogP contribution < -0.4 is 10.6 Å². The van der Waals surface area contributed by atoms with Gasteiger partial charge < -0.3 is 20.6 Å². The van der Waals surface area contributed by atoms with Gasteiger partial charge in [-0.25, -0.2) is 0 Å². The fraction of sp³-hybridized carbons (Fsp3) is 0.571. The molecule has 1 saturated heterocycles. The zero-order valence-corrected chi connectivity index (χ0v) is 11.4. The lowest BCUT2D eigenvalue weighted by atomic mass is 9.90. The molecule has 108 valence electrons. The van der Waals surface area contributed by atoms with Crippen LogP contribution >= 0.6 is 0 Å². The fourth-order valence-corrected chi connectivity index (χ4v) is 3.18. The number of pyridine rings is 1. The highest BCUT2D eigenvalue weighted by Crippen LogP contribution is 2.31. The molecule has 2 heterocycles. The van der Waals surface area contributed by atoms with Gasteiger partial charge in [-0.05, 0) is 25.0 Å². The van der Waals surface area contributed by atoms with Crippen LogP contribution in [0.4, 0.5) is 5.69 Å². The predicted octanol–water partition coefficient (Wildman–Crippen LogP) is 1.32. The maximum absolute atomic E-state index is 8.66. The molecule has 0 spiro atoms. The first kappa shape index (κ1) is 13.2. The standard InChI is InChI=1S/C14H20N4O2/c15-14(17-19)11-6-5-10(9-16-11)18-7-8-20-13-4-2-1-3-12(13)18/h5-6,9,12-13,19H,1-4,7-8H2,(H2,15,17). The van der Waals surface area contributed by atoms with E-state index in [0.29, 0.717) is 17.8 Å². The number of hydrogen-bond acceptors (Lipinski definition) is 5. The Morgan fingerprint density at radius 3 is 3.00 bits per heavy atom. The Morgan fingerprint density at radius 1 is 1.40 bits per heavy atom. The summed E-state index contributed by atoms with van der Waals surface area (Å²) >= 11 is 0. The lowest BCUT2D eigenvalue weighted by molar-refractivity contribution is -0.00869. The maximum atomic E-state index is 8.66. The first-order valence-corrected chi connectivity index (χ1v) is 7.12. The summed E-state index contributed by atoms with van der Waals surface area (Å²) in [6.07, 6.45) is 6.99. The average molecular weight is 276 g/mol. The molecule has 1 aromatic heterocycles. The molecule has 20 heavy (non-hydrogen) atoms. The van der Waals surface area contributed by atoms with Crippen LogP contribution in [-0.2, 0) is 4.74 Å². The molecule has 0 bridgehead atoms. The zero-order chi connectivity index (χ0) is 13.9. The van der Waals surface area contributed by atoms with Crippen LogP contribution in [0.5, 0.6) is 0 Å². The summed E-state index contributed by atoms with van der Waals surface area (Å²) in [5.41, 5.74) is 7.11. The summed E-state index contributed by atoms with van der Waals surface area (Å²) in [5.74, 6) is 0.0362. The fourth-order valence-electron chi connectivity index (χ4n) is 3.18. The van der Waals surface area contributed by atoms with Gasteiger partial charge in [0.05, 0.1) is 30.6 Å². The number of oxime groups is 1. The van der Waals surface area contributed by atoms with Crippen molar-refractivity contribution in [3.63, 3.8) is 0 Å². The number of hydrogen-bond donors (Lipinski definition) is 2. The highest BCUT2D eigenvalue weighted by atomic mass is 16.5. The van der Waals surface area contributed by atoms with Gasteiger partial charge in [0.25, 0.3) is 0 Å². The van der Waals surface area contributed by atoms with Crippen molar-refractivity contribution in [2.45, 2.75) is 37.8 Å². The molecular formula is C14H20N4O2. The van der Waals surface area contributed by atoms with E-state index < -0.39 is 0 Å². The SMILES string of the molecule is N/C(=N/O)c1ccc(N2CCOC3CCCCC32)cn1. The van der Waals surface area contributed by atoms with Crippen LogP contribution in [-0.4, -0.2) is 41.3 Å². The summed E-state index contributed by atoms with van der Waals surface area (Å²) < 4.78 is 5.88. The van der Waals surface area contributed by atoms with E-state index in [-0.39, 0.29) is 5.84 Å². The van der Waals surface area contributed by atoms with Gasteiger partial charge in [0.2, 0.25) is 0 Å². The molecule has 1 aromatic rings. The highest BCUT2D eigenvalue weighted by Gasteiger charge is 2.34. The molecule has 6 heteroatoms. The topological polar surface area (TPSA) is 84.0 Å². The van der Waals surface area contributed by atoms with Crippen LogP contribution in [0, 0.1) is 0 Å². The number of morpholine rings is 1. The number of rotatable bonds is 2. The van der Waals surface area contributed by atoms with E-state index in [9.17, 15) is 0 Å².